The monoisotopic (exact) mass is 579 g/mol. The molecule has 11 heteroatoms. The first-order chi connectivity index (χ1) is 19.3. The van der Waals surface area contributed by atoms with Crippen LogP contribution >= 0.6 is 11.3 Å². The van der Waals surface area contributed by atoms with Gasteiger partial charge in [-0.1, -0.05) is 0 Å². The summed E-state index contributed by atoms with van der Waals surface area (Å²) in [5.74, 6) is 0.851. The van der Waals surface area contributed by atoms with E-state index < -0.39 is 10.0 Å². The number of ether oxygens (including phenoxy) is 2. The summed E-state index contributed by atoms with van der Waals surface area (Å²) in [5, 5.41) is 6.75. The molecule has 0 saturated carbocycles. The fourth-order valence-corrected chi connectivity index (χ4v) is 6.87. The molecule has 3 heterocycles. The molecule has 1 saturated heterocycles. The highest BCUT2D eigenvalue weighted by atomic mass is 32.2. The van der Waals surface area contributed by atoms with Gasteiger partial charge in [-0.2, -0.15) is 9.41 Å². The van der Waals surface area contributed by atoms with Crippen LogP contribution in [0.1, 0.15) is 29.6 Å². The van der Waals surface area contributed by atoms with Crippen LogP contribution in [-0.2, 0) is 14.8 Å². The number of aryl methyl sites for hydroxylation is 2. The van der Waals surface area contributed by atoms with Gasteiger partial charge in [0.2, 0.25) is 14.8 Å². The molecular formula is C29H33N5O4S2. The van der Waals surface area contributed by atoms with E-state index in [-0.39, 0.29) is 4.90 Å². The van der Waals surface area contributed by atoms with Crippen LogP contribution in [0.15, 0.2) is 75.0 Å². The zero-order valence-electron chi connectivity index (χ0n) is 23.1. The van der Waals surface area contributed by atoms with Gasteiger partial charge in [0, 0.05) is 41.1 Å². The summed E-state index contributed by atoms with van der Waals surface area (Å²) in [6.07, 6.45) is 1.85. The van der Waals surface area contributed by atoms with Crippen LogP contribution in [0, 0.1) is 20.8 Å². The van der Waals surface area contributed by atoms with Gasteiger partial charge in [-0.3, -0.25) is 0 Å². The van der Waals surface area contributed by atoms with Crippen molar-refractivity contribution >= 4 is 33.3 Å². The molecule has 0 radical (unpaired) electrons. The number of morpholine rings is 1. The predicted octanol–water partition coefficient (Wildman–Crippen LogP) is 4.80. The van der Waals surface area contributed by atoms with Gasteiger partial charge in [-0.15, -0.1) is 11.3 Å². The average Bonchev–Trinajstić information content (AvgIpc) is 3.45. The second kappa shape index (κ2) is 11.9. The molecule has 0 spiro atoms. The molecule has 210 valence electrons. The van der Waals surface area contributed by atoms with Gasteiger partial charge < -0.3 is 14.0 Å². The lowest BCUT2D eigenvalue weighted by Crippen LogP contribution is -2.40. The lowest BCUT2D eigenvalue weighted by atomic mass is 10.2. The summed E-state index contributed by atoms with van der Waals surface area (Å²) in [5.41, 5.74) is 5.86. The van der Waals surface area contributed by atoms with Crippen molar-refractivity contribution in [1.82, 2.24) is 13.5 Å². The second-order valence-corrected chi connectivity index (χ2v) is 12.2. The largest absolute Gasteiger partial charge is 0.494 e. The molecule has 0 aliphatic carbocycles. The maximum Gasteiger partial charge on any atom is 0.243 e. The summed E-state index contributed by atoms with van der Waals surface area (Å²) in [6, 6.07) is 16.8. The number of sulfonamides is 1. The van der Waals surface area contributed by atoms with Crippen molar-refractivity contribution in [3.05, 3.63) is 87.4 Å². The predicted molar refractivity (Wildman–Crippen MR) is 158 cm³/mol. The van der Waals surface area contributed by atoms with Crippen molar-refractivity contribution in [2.45, 2.75) is 32.6 Å². The zero-order valence-corrected chi connectivity index (χ0v) is 24.7. The first-order valence-corrected chi connectivity index (χ1v) is 15.5. The van der Waals surface area contributed by atoms with Gasteiger partial charge >= 0.3 is 0 Å². The van der Waals surface area contributed by atoms with Gasteiger partial charge in [0.25, 0.3) is 0 Å². The van der Waals surface area contributed by atoms with Gasteiger partial charge in [-0.25, -0.2) is 18.1 Å². The molecule has 4 aromatic rings. The summed E-state index contributed by atoms with van der Waals surface area (Å²) < 4.78 is 42.2. The molecule has 2 aromatic carbocycles. The first-order valence-electron chi connectivity index (χ1n) is 13.1. The van der Waals surface area contributed by atoms with Gasteiger partial charge in [0.15, 0.2) is 0 Å². The third-order valence-electron chi connectivity index (χ3n) is 6.71. The Morgan fingerprint density at radius 3 is 2.38 bits per heavy atom. The van der Waals surface area contributed by atoms with E-state index >= 15 is 0 Å². The molecule has 9 nitrogen and oxygen atoms in total. The van der Waals surface area contributed by atoms with Crippen LogP contribution in [-0.4, -0.2) is 61.1 Å². The Labute approximate surface area is 238 Å². The number of thiazole rings is 1. The van der Waals surface area contributed by atoms with Gasteiger partial charge in [0.05, 0.1) is 42.3 Å². The lowest BCUT2D eigenvalue weighted by Gasteiger charge is -2.26. The van der Waals surface area contributed by atoms with Gasteiger partial charge in [0.1, 0.15) is 5.75 Å². The molecule has 0 bridgehead atoms. The minimum absolute atomic E-state index is 0.254. The summed E-state index contributed by atoms with van der Waals surface area (Å²) >= 11 is 1.48. The van der Waals surface area contributed by atoms with E-state index in [4.69, 9.17) is 19.6 Å². The Morgan fingerprint density at radius 2 is 1.70 bits per heavy atom. The maximum atomic E-state index is 12.9. The smallest absolute Gasteiger partial charge is 0.243 e. The number of aromatic nitrogens is 2. The van der Waals surface area contributed by atoms with Crippen molar-refractivity contribution in [2.75, 3.05) is 32.9 Å². The highest BCUT2D eigenvalue weighted by Crippen LogP contribution is 2.23. The third-order valence-corrected chi connectivity index (χ3v) is 9.55. The van der Waals surface area contributed by atoms with Crippen LogP contribution in [0.3, 0.4) is 0 Å². The summed E-state index contributed by atoms with van der Waals surface area (Å²) in [4.78, 5) is 5.69. The highest BCUT2D eigenvalue weighted by molar-refractivity contribution is 7.89. The molecule has 0 N–H and O–H groups in total. The van der Waals surface area contributed by atoms with E-state index in [1.54, 1.807) is 28.9 Å². The van der Waals surface area contributed by atoms with E-state index in [9.17, 15) is 8.42 Å². The van der Waals surface area contributed by atoms with Gasteiger partial charge in [-0.05, 0) is 82.3 Å². The van der Waals surface area contributed by atoms with Crippen molar-refractivity contribution in [3.8, 4) is 11.4 Å². The van der Waals surface area contributed by atoms with Crippen molar-refractivity contribution in [1.29, 1.82) is 0 Å². The normalized spacial score (nSPS) is 15.2. The fraction of sp³-hybridized carbons (Fsp3) is 0.310. The van der Waals surface area contributed by atoms with E-state index in [1.807, 2.05) is 37.6 Å². The Hall–Kier alpha value is -3.51. The highest BCUT2D eigenvalue weighted by Gasteiger charge is 2.26. The quantitative estimate of drug-likeness (QED) is 0.281. The Kier molecular flexibility index (Phi) is 8.36. The molecule has 1 aliphatic heterocycles. The average molecular weight is 580 g/mol. The maximum absolute atomic E-state index is 12.9. The van der Waals surface area contributed by atoms with Crippen molar-refractivity contribution in [2.24, 2.45) is 10.1 Å². The Bertz CT molecular complexity index is 1680. The summed E-state index contributed by atoms with van der Waals surface area (Å²) in [7, 11) is -3.55. The zero-order chi connectivity index (χ0) is 28.3. The first kappa shape index (κ1) is 28.0. The number of hydrogen-bond donors (Lipinski definition) is 0. The second-order valence-electron chi connectivity index (χ2n) is 9.43. The molecule has 40 heavy (non-hydrogen) atoms. The van der Waals surface area contributed by atoms with Crippen LogP contribution in [0.2, 0.25) is 0 Å². The molecular weight excluding hydrogens is 546 g/mol. The van der Waals surface area contributed by atoms with Crippen LogP contribution < -0.4 is 9.54 Å². The number of nitrogens with zero attached hydrogens (tertiary/aromatic N) is 5. The van der Waals surface area contributed by atoms with Crippen LogP contribution in [0.25, 0.3) is 5.69 Å². The van der Waals surface area contributed by atoms with E-state index in [0.717, 1.165) is 34.1 Å². The van der Waals surface area contributed by atoms with E-state index in [2.05, 4.69) is 36.6 Å². The minimum Gasteiger partial charge on any atom is -0.494 e. The molecule has 1 fully saturated rings. The minimum atomic E-state index is -3.55. The Morgan fingerprint density at radius 1 is 1.00 bits per heavy atom. The third kappa shape index (κ3) is 5.83. The molecule has 5 rings (SSSR count). The van der Waals surface area contributed by atoms with Crippen LogP contribution in [0.5, 0.6) is 5.75 Å². The topological polar surface area (TPSA) is 90.4 Å². The standard InChI is InChI=1S/C29H33N5O4S2/c1-5-38-27-10-8-26(9-11-27)33-21(2)18-24(23(33)4)19-30-34-22(3)20-39-29(34)31-25-6-12-28(13-7-25)40(35,36)32-14-16-37-17-15-32/h6-13,18-20H,5,14-17H2,1-4H3. The molecule has 0 atom stereocenters. The van der Waals surface area contributed by atoms with E-state index in [1.165, 1.54) is 15.6 Å². The van der Waals surface area contributed by atoms with Crippen molar-refractivity contribution < 1.29 is 17.9 Å². The molecule has 1 aliphatic rings. The van der Waals surface area contributed by atoms with Crippen molar-refractivity contribution in [3.63, 3.8) is 0 Å². The molecule has 0 unspecified atom stereocenters. The fourth-order valence-electron chi connectivity index (χ4n) is 4.64. The lowest BCUT2D eigenvalue weighted by molar-refractivity contribution is 0.0730. The molecule has 2 aromatic heterocycles. The number of rotatable bonds is 8. The van der Waals surface area contributed by atoms with E-state index in [0.29, 0.717) is 43.4 Å². The number of benzene rings is 2. The number of hydrogen-bond acceptors (Lipinski definition) is 7. The molecule has 0 amide bonds. The SMILES string of the molecule is CCOc1ccc(-n2c(C)cc(C=Nn3c(C)csc3=Nc3ccc(S(=O)(=O)N4CCOCC4)cc3)c2C)cc1. The van der Waals surface area contributed by atoms with Crippen LogP contribution in [0.4, 0.5) is 5.69 Å². The Balaban J connectivity index is 1.39. The summed E-state index contributed by atoms with van der Waals surface area (Å²) in [6.45, 7) is 10.3.